The van der Waals surface area contributed by atoms with Gasteiger partial charge in [-0.25, -0.2) is 8.78 Å². The Balaban J connectivity index is 1.64. The first-order chi connectivity index (χ1) is 14.1. The molecule has 0 spiro atoms. The van der Waals surface area contributed by atoms with E-state index in [1.807, 2.05) is 0 Å². The Labute approximate surface area is 183 Å². The zero-order valence-electron chi connectivity index (χ0n) is 16.0. The Morgan fingerprint density at radius 2 is 1.38 bits per heavy atom. The largest absolute Gasteiger partial charge is 0.207 e. The molecule has 0 atom stereocenters. The number of hydrogen-bond acceptors (Lipinski definition) is 4. The minimum absolute atomic E-state index is 0.0562. The third-order valence-electron chi connectivity index (χ3n) is 4.81. The summed E-state index contributed by atoms with van der Waals surface area (Å²) in [7, 11) is 0. The third-order valence-corrected chi connectivity index (χ3v) is 8.54. The average molecular weight is 456 g/mol. The molecule has 0 radical (unpaired) electrons. The molecule has 0 aromatic heterocycles. The molecular formula is C22H24F3NS3. The highest BCUT2D eigenvalue weighted by Gasteiger charge is 2.20. The lowest BCUT2D eigenvalue weighted by atomic mass is 9.91. The standard InChI is InChI=1S/C22H24F3NS3/c23-17-6-10-19(11-7-17)28-22(29-20-12-8-18(24)9-13-20)14-21(26-25)27-15-16-4-2-1-3-5-16/h6-13,16,22H,1-5,14-15H2. The van der Waals surface area contributed by atoms with Crippen LogP contribution >= 0.6 is 35.3 Å². The smallest absolute Gasteiger partial charge is 0.123 e. The summed E-state index contributed by atoms with van der Waals surface area (Å²) in [6.45, 7) is 0. The van der Waals surface area contributed by atoms with E-state index in [1.54, 1.807) is 47.8 Å². The molecule has 1 fully saturated rings. The molecule has 1 saturated carbocycles. The van der Waals surface area contributed by atoms with Crippen LogP contribution < -0.4 is 0 Å². The SMILES string of the molecule is FN=C(CC(Sc1ccc(F)cc1)Sc1ccc(F)cc1)SCC1CCCCC1. The molecule has 29 heavy (non-hydrogen) atoms. The quantitative estimate of drug-likeness (QED) is 0.172. The first kappa shape index (κ1) is 22.6. The molecule has 0 bridgehead atoms. The average Bonchev–Trinajstić information content (AvgIpc) is 2.75. The molecule has 2 aromatic carbocycles. The van der Waals surface area contributed by atoms with E-state index in [9.17, 15) is 13.3 Å². The van der Waals surface area contributed by atoms with Crippen molar-refractivity contribution in [3.05, 3.63) is 60.2 Å². The summed E-state index contributed by atoms with van der Waals surface area (Å²) >= 11 is 4.60. The van der Waals surface area contributed by atoms with Crippen molar-refractivity contribution in [1.29, 1.82) is 0 Å². The molecular weight excluding hydrogens is 431 g/mol. The van der Waals surface area contributed by atoms with Crippen molar-refractivity contribution in [2.45, 2.75) is 52.9 Å². The first-order valence-corrected chi connectivity index (χ1v) is 12.5. The lowest BCUT2D eigenvalue weighted by molar-refractivity contribution is 0.391. The molecule has 0 unspecified atom stereocenters. The molecule has 156 valence electrons. The van der Waals surface area contributed by atoms with Crippen LogP contribution in [0.15, 0.2) is 63.5 Å². The molecule has 3 rings (SSSR count). The molecule has 0 aliphatic heterocycles. The van der Waals surface area contributed by atoms with Crippen molar-refractivity contribution in [3.8, 4) is 0 Å². The highest BCUT2D eigenvalue weighted by Crippen LogP contribution is 2.39. The topological polar surface area (TPSA) is 12.4 Å². The monoisotopic (exact) mass is 455 g/mol. The fourth-order valence-electron chi connectivity index (χ4n) is 3.27. The zero-order chi connectivity index (χ0) is 20.5. The maximum atomic E-state index is 13.4. The molecule has 7 heteroatoms. The van der Waals surface area contributed by atoms with Crippen LogP contribution in [-0.2, 0) is 0 Å². The van der Waals surface area contributed by atoms with Crippen LogP contribution in [0.25, 0.3) is 0 Å². The fraction of sp³-hybridized carbons (Fsp3) is 0.409. The van der Waals surface area contributed by atoms with Crippen molar-refractivity contribution >= 4 is 40.3 Å². The van der Waals surface area contributed by atoms with E-state index < -0.39 is 0 Å². The van der Waals surface area contributed by atoms with E-state index in [-0.39, 0.29) is 16.2 Å². The van der Waals surface area contributed by atoms with E-state index in [1.165, 1.54) is 68.1 Å². The van der Waals surface area contributed by atoms with Gasteiger partial charge in [0.1, 0.15) is 16.7 Å². The predicted octanol–water partition coefficient (Wildman–Crippen LogP) is 8.16. The van der Waals surface area contributed by atoms with Crippen LogP contribution in [-0.4, -0.2) is 15.4 Å². The van der Waals surface area contributed by atoms with E-state index >= 15 is 0 Å². The van der Waals surface area contributed by atoms with Crippen LogP contribution in [0.5, 0.6) is 0 Å². The Hall–Kier alpha value is -1.05. The second kappa shape index (κ2) is 12.0. The molecule has 0 saturated heterocycles. The van der Waals surface area contributed by atoms with Gasteiger partial charge in [-0.2, -0.15) is 0 Å². The number of thioether (sulfide) groups is 3. The van der Waals surface area contributed by atoms with Gasteiger partial charge in [0.15, 0.2) is 0 Å². The van der Waals surface area contributed by atoms with Gasteiger partial charge in [0.05, 0.1) is 4.58 Å². The second-order valence-corrected chi connectivity index (χ2v) is 11.0. The van der Waals surface area contributed by atoms with Crippen molar-refractivity contribution in [2.75, 3.05) is 5.75 Å². The van der Waals surface area contributed by atoms with Crippen molar-refractivity contribution < 1.29 is 13.3 Å². The van der Waals surface area contributed by atoms with Gasteiger partial charge in [-0.1, -0.05) is 29.0 Å². The highest BCUT2D eigenvalue weighted by atomic mass is 32.2. The van der Waals surface area contributed by atoms with Gasteiger partial charge in [-0.3, -0.25) is 0 Å². The van der Waals surface area contributed by atoms with Crippen LogP contribution in [0.4, 0.5) is 13.3 Å². The van der Waals surface area contributed by atoms with Gasteiger partial charge in [0.25, 0.3) is 0 Å². The van der Waals surface area contributed by atoms with Crippen LogP contribution in [0, 0.1) is 17.6 Å². The van der Waals surface area contributed by atoms with Gasteiger partial charge in [-0.05, 0) is 67.3 Å². The summed E-state index contributed by atoms with van der Waals surface area (Å²) in [6.07, 6.45) is 6.71. The lowest BCUT2D eigenvalue weighted by Gasteiger charge is -2.22. The Bertz CT molecular complexity index is 727. The summed E-state index contributed by atoms with van der Waals surface area (Å²) in [5.74, 6) is 0.966. The second-order valence-electron chi connectivity index (χ2n) is 7.07. The molecule has 1 aliphatic carbocycles. The van der Waals surface area contributed by atoms with Gasteiger partial charge < -0.3 is 0 Å². The molecule has 0 N–H and O–H groups in total. The van der Waals surface area contributed by atoms with Gasteiger partial charge in [0, 0.05) is 22.0 Å². The van der Waals surface area contributed by atoms with E-state index in [0.29, 0.717) is 17.4 Å². The van der Waals surface area contributed by atoms with E-state index in [0.717, 1.165) is 15.5 Å². The molecule has 0 amide bonds. The van der Waals surface area contributed by atoms with Crippen molar-refractivity contribution in [1.82, 2.24) is 0 Å². The Morgan fingerprint density at radius 3 is 1.86 bits per heavy atom. The van der Waals surface area contributed by atoms with Gasteiger partial charge in [0.2, 0.25) is 0 Å². The van der Waals surface area contributed by atoms with E-state index in [4.69, 9.17) is 0 Å². The van der Waals surface area contributed by atoms with Crippen LogP contribution in [0.3, 0.4) is 0 Å². The molecule has 1 aliphatic rings. The predicted molar refractivity (Wildman–Crippen MR) is 120 cm³/mol. The number of halogens is 3. The number of nitrogens with zero attached hydrogens (tertiary/aromatic N) is 1. The van der Waals surface area contributed by atoms with Crippen molar-refractivity contribution in [2.24, 2.45) is 11.1 Å². The molecule has 0 heterocycles. The summed E-state index contributed by atoms with van der Waals surface area (Å²) in [5.41, 5.74) is 0. The summed E-state index contributed by atoms with van der Waals surface area (Å²) in [6, 6.07) is 12.6. The Morgan fingerprint density at radius 1 is 0.862 bits per heavy atom. The molecule has 2 aromatic rings. The summed E-state index contributed by atoms with van der Waals surface area (Å²) < 4.78 is 39.8. The molecule has 1 nitrogen and oxygen atoms in total. The van der Waals surface area contributed by atoms with Crippen LogP contribution in [0.2, 0.25) is 0 Å². The third kappa shape index (κ3) is 7.95. The minimum atomic E-state index is -0.286. The van der Waals surface area contributed by atoms with E-state index in [2.05, 4.69) is 5.21 Å². The normalized spacial score (nSPS) is 15.8. The number of benzene rings is 2. The summed E-state index contributed by atoms with van der Waals surface area (Å²) in [5, 5.41) is 3.55. The lowest BCUT2D eigenvalue weighted by Crippen LogP contribution is -2.12. The first-order valence-electron chi connectivity index (χ1n) is 9.77. The Kier molecular flexibility index (Phi) is 9.34. The maximum absolute atomic E-state index is 13.4. The van der Waals surface area contributed by atoms with Crippen LogP contribution in [0.1, 0.15) is 38.5 Å². The number of rotatable bonds is 8. The minimum Gasteiger partial charge on any atom is -0.207 e. The fourth-order valence-corrected chi connectivity index (χ4v) is 7.11. The van der Waals surface area contributed by atoms with Gasteiger partial charge >= 0.3 is 0 Å². The van der Waals surface area contributed by atoms with Gasteiger partial charge in [-0.15, -0.1) is 35.3 Å². The maximum Gasteiger partial charge on any atom is 0.123 e. The summed E-state index contributed by atoms with van der Waals surface area (Å²) in [4.78, 5) is 1.81. The highest BCUT2D eigenvalue weighted by molar-refractivity contribution is 8.17. The van der Waals surface area contributed by atoms with Crippen molar-refractivity contribution in [3.63, 3.8) is 0 Å². The zero-order valence-corrected chi connectivity index (χ0v) is 18.5. The number of hydrogen-bond donors (Lipinski definition) is 0.